The molecule has 1 amide bonds. The van der Waals surface area contributed by atoms with Gasteiger partial charge in [0.1, 0.15) is 17.6 Å². The lowest BCUT2D eigenvalue weighted by Gasteiger charge is -2.17. The van der Waals surface area contributed by atoms with Gasteiger partial charge >= 0.3 is 0 Å². The van der Waals surface area contributed by atoms with E-state index in [1.807, 2.05) is 32.0 Å². The van der Waals surface area contributed by atoms with Gasteiger partial charge in [-0.2, -0.15) is 0 Å². The molecule has 1 aliphatic carbocycles. The number of hydrogen-bond acceptors (Lipinski definition) is 5. The molecule has 1 atom stereocenters. The van der Waals surface area contributed by atoms with Crippen LogP contribution < -0.4 is 19.5 Å². The van der Waals surface area contributed by atoms with E-state index in [4.69, 9.17) is 9.47 Å². The van der Waals surface area contributed by atoms with E-state index in [9.17, 15) is 13.2 Å². The van der Waals surface area contributed by atoms with Crippen LogP contribution >= 0.6 is 0 Å². The van der Waals surface area contributed by atoms with Crippen molar-refractivity contribution in [1.82, 2.24) is 10.0 Å². The van der Waals surface area contributed by atoms with Crippen LogP contribution in [0.4, 0.5) is 0 Å². The predicted molar refractivity (Wildman–Crippen MR) is 126 cm³/mol. The van der Waals surface area contributed by atoms with E-state index in [1.165, 1.54) is 5.56 Å². The molecule has 1 unspecified atom stereocenters. The molecule has 0 spiro atoms. The zero-order valence-electron chi connectivity index (χ0n) is 19.3. The van der Waals surface area contributed by atoms with Gasteiger partial charge in [-0.1, -0.05) is 6.07 Å². The first-order valence-corrected chi connectivity index (χ1v) is 13.2. The zero-order valence-corrected chi connectivity index (χ0v) is 20.1. The van der Waals surface area contributed by atoms with Crippen molar-refractivity contribution in [3.8, 4) is 11.5 Å². The summed E-state index contributed by atoms with van der Waals surface area (Å²) in [5.41, 5.74) is 4.29. The van der Waals surface area contributed by atoms with Crippen molar-refractivity contribution >= 4 is 15.9 Å². The number of hydrogen-bond donors (Lipinski definition) is 2. The molecule has 2 aromatic rings. The molecule has 2 N–H and O–H groups in total. The largest absolute Gasteiger partial charge is 0.494 e. The monoisotopic (exact) mass is 472 g/mol. The molecule has 1 aliphatic heterocycles. The summed E-state index contributed by atoms with van der Waals surface area (Å²) in [5.74, 6) is 1.33. The highest BCUT2D eigenvalue weighted by atomic mass is 32.2. The SMILES string of the molecule is CCOc1cc2c(cc1CNC(=O)CCNS(=O)(=O)c1ccc3c(c1)CCCC3)OC(C)C2. The van der Waals surface area contributed by atoms with E-state index in [0.29, 0.717) is 6.61 Å². The lowest BCUT2D eigenvalue weighted by Crippen LogP contribution is -2.30. The fraction of sp³-hybridized carbons (Fsp3) is 0.480. The maximum Gasteiger partial charge on any atom is 0.240 e. The Hall–Kier alpha value is -2.58. The van der Waals surface area contributed by atoms with E-state index in [-0.39, 0.29) is 36.4 Å². The first-order valence-electron chi connectivity index (χ1n) is 11.7. The second-order valence-corrected chi connectivity index (χ2v) is 10.5. The molecule has 0 saturated heterocycles. The topological polar surface area (TPSA) is 93.7 Å². The number of carbonyl (C=O) groups is 1. The Bertz CT molecular complexity index is 1130. The summed E-state index contributed by atoms with van der Waals surface area (Å²) in [6.45, 7) is 4.79. The smallest absolute Gasteiger partial charge is 0.240 e. The van der Waals surface area contributed by atoms with Crippen LogP contribution in [0.3, 0.4) is 0 Å². The van der Waals surface area contributed by atoms with Gasteiger partial charge in [0, 0.05) is 37.1 Å². The molecular formula is C25H32N2O5S. The van der Waals surface area contributed by atoms with Gasteiger partial charge in [-0.05, 0) is 74.9 Å². The summed E-state index contributed by atoms with van der Waals surface area (Å²) < 4.78 is 39.4. The second kappa shape index (κ2) is 10.1. The van der Waals surface area contributed by atoms with E-state index in [0.717, 1.165) is 60.3 Å². The molecule has 2 aliphatic rings. The summed E-state index contributed by atoms with van der Waals surface area (Å²) in [5, 5.41) is 2.86. The van der Waals surface area contributed by atoms with Crippen LogP contribution in [0.2, 0.25) is 0 Å². The molecule has 8 heteroatoms. The number of aryl methyl sites for hydroxylation is 2. The maximum absolute atomic E-state index is 12.7. The van der Waals surface area contributed by atoms with Crippen LogP contribution in [-0.4, -0.2) is 33.6 Å². The molecule has 0 saturated carbocycles. The Morgan fingerprint density at radius 3 is 2.70 bits per heavy atom. The number of ether oxygens (including phenoxy) is 2. The zero-order chi connectivity index (χ0) is 23.4. The number of carbonyl (C=O) groups excluding carboxylic acids is 1. The summed E-state index contributed by atoms with van der Waals surface area (Å²) >= 11 is 0. The van der Waals surface area contributed by atoms with Crippen LogP contribution in [0, 0.1) is 0 Å². The van der Waals surface area contributed by atoms with Crippen molar-refractivity contribution in [3.05, 3.63) is 52.6 Å². The number of nitrogens with one attached hydrogen (secondary N) is 2. The molecule has 7 nitrogen and oxygen atoms in total. The number of sulfonamides is 1. The number of fused-ring (bicyclic) bond motifs is 2. The highest BCUT2D eigenvalue weighted by Gasteiger charge is 2.22. The minimum Gasteiger partial charge on any atom is -0.494 e. The van der Waals surface area contributed by atoms with Crippen LogP contribution in [0.5, 0.6) is 11.5 Å². The van der Waals surface area contributed by atoms with Gasteiger partial charge in [0.05, 0.1) is 11.5 Å². The van der Waals surface area contributed by atoms with Gasteiger partial charge in [0.15, 0.2) is 0 Å². The second-order valence-electron chi connectivity index (χ2n) is 8.70. The molecule has 0 radical (unpaired) electrons. The van der Waals surface area contributed by atoms with Gasteiger partial charge in [-0.3, -0.25) is 4.79 Å². The van der Waals surface area contributed by atoms with Gasteiger partial charge in [0.2, 0.25) is 15.9 Å². The number of benzene rings is 2. The first-order chi connectivity index (χ1) is 15.9. The summed E-state index contributed by atoms with van der Waals surface area (Å²) in [6.07, 6.45) is 5.17. The van der Waals surface area contributed by atoms with Gasteiger partial charge in [0.25, 0.3) is 0 Å². The van der Waals surface area contributed by atoms with Crippen molar-refractivity contribution < 1.29 is 22.7 Å². The quantitative estimate of drug-likeness (QED) is 0.584. The summed E-state index contributed by atoms with van der Waals surface area (Å²) in [7, 11) is -3.65. The van der Waals surface area contributed by atoms with E-state index < -0.39 is 10.0 Å². The molecular weight excluding hydrogens is 440 g/mol. The lowest BCUT2D eigenvalue weighted by atomic mass is 9.92. The van der Waals surface area contributed by atoms with E-state index >= 15 is 0 Å². The summed E-state index contributed by atoms with van der Waals surface area (Å²) in [4.78, 5) is 12.6. The molecule has 33 heavy (non-hydrogen) atoms. The third-order valence-electron chi connectivity index (χ3n) is 6.13. The van der Waals surface area contributed by atoms with Gasteiger partial charge in [-0.15, -0.1) is 0 Å². The third-order valence-corrected chi connectivity index (χ3v) is 7.59. The highest BCUT2D eigenvalue weighted by Crippen LogP contribution is 2.35. The standard InChI is InChI=1S/C25H32N2O5S/c1-3-31-23-14-20-12-17(2)32-24(20)15-21(23)16-26-25(28)10-11-27-33(29,30)22-9-8-18-6-4-5-7-19(18)13-22/h8-9,13-15,17,27H,3-7,10-12,16H2,1-2H3,(H,26,28). The molecule has 2 aromatic carbocycles. The number of amides is 1. The van der Waals surface area contributed by atoms with Crippen molar-refractivity contribution in [2.24, 2.45) is 0 Å². The van der Waals surface area contributed by atoms with Crippen LogP contribution in [0.15, 0.2) is 35.2 Å². The lowest BCUT2D eigenvalue weighted by molar-refractivity contribution is -0.121. The van der Waals surface area contributed by atoms with Crippen molar-refractivity contribution in [2.45, 2.75) is 69.9 Å². The average molecular weight is 473 g/mol. The van der Waals surface area contributed by atoms with E-state index in [2.05, 4.69) is 10.0 Å². The summed E-state index contributed by atoms with van der Waals surface area (Å²) in [6, 6.07) is 9.23. The van der Waals surface area contributed by atoms with Crippen molar-refractivity contribution in [2.75, 3.05) is 13.2 Å². The Morgan fingerprint density at radius 2 is 1.91 bits per heavy atom. The van der Waals surface area contributed by atoms with Crippen LogP contribution in [-0.2, 0) is 40.6 Å². The number of rotatable bonds is 9. The van der Waals surface area contributed by atoms with Crippen LogP contribution in [0.1, 0.15) is 55.4 Å². The molecule has 0 aromatic heterocycles. The highest BCUT2D eigenvalue weighted by molar-refractivity contribution is 7.89. The maximum atomic E-state index is 12.7. The minimum atomic E-state index is -3.65. The minimum absolute atomic E-state index is 0.0361. The molecule has 178 valence electrons. The van der Waals surface area contributed by atoms with Crippen molar-refractivity contribution in [3.63, 3.8) is 0 Å². The Labute approximate surface area is 195 Å². The van der Waals surface area contributed by atoms with Gasteiger partial charge < -0.3 is 14.8 Å². The third kappa shape index (κ3) is 5.68. The normalized spacial score (nSPS) is 17.1. The van der Waals surface area contributed by atoms with Crippen LogP contribution in [0.25, 0.3) is 0 Å². The Kier molecular flexibility index (Phi) is 7.24. The van der Waals surface area contributed by atoms with Gasteiger partial charge in [-0.25, -0.2) is 13.1 Å². The fourth-order valence-corrected chi connectivity index (χ4v) is 5.53. The Morgan fingerprint density at radius 1 is 1.12 bits per heavy atom. The average Bonchev–Trinajstić information content (AvgIpc) is 3.16. The molecule has 4 rings (SSSR count). The molecule has 1 heterocycles. The molecule has 0 fully saturated rings. The van der Waals surface area contributed by atoms with E-state index in [1.54, 1.807) is 12.1 Å². The Balaban J connectivity index is 1.31. The fourth-order valence-electron chi connectivity index (χ4n) is 4.45. The molecule has 0 bridgehead atoms. The predicted octanol–water partition coefficient (Wildman–Crippen LogP) is 3.27. The first kappa shape index (κ1) is 23.6. The van der Waals surface area contributed by atoms with Crippen molar-refractivity contribution in [1.29, 1.82) is 0 Å².